The van der Waals surface area contributed by atoms with E-state index in [0.29, 0.717) is 6.54 Å². The standard InChI is InChI=1S/C13H23N5O/c1-2-3-7-14-12(19)9-18-8-5-4-6-11(18)13-15-10-16-17-13/h10-11H,2-9H2,1H3,(H,14,19)(H,15,16,17). The molecule has 0 aromatic carbocycles. The van der Waals surface area contributed by atoms with Crippen LogP contribution in [0.4, 0.5) is 0 Å². The smallest absolute Gasteiger partial charge is 0.234 e. The van der Waals surface area contributed by atoms with Crippen molar-refractivity contribution < 1.29 is 4.79 Å². The lowest BCUT2D eigenvalue weighted by atomic mass is 10.0. The Kier molecular flexibility index (Phi) is 5.32. The third-order valence-electron chi connectivity index (χ3n) is 3.56. The number of piperidine rings is 1. The van der Waals surface area contributed by atoms with E-state index in [9.17, 15) is 4.79 Å². The van der Waals surface area contributed by atoms with Crippen molar-refractivity contribution in [3.05, 3.63) is 12.2 Å². The van der Waals surface area contributed by atoms with Crippen LogP contribution in [-0.2, 0) is 4.79 Å². The molecule has 1 aromatic rings. The largest absolute Gasteiger partial charge is 0.355 e. The number of carbonyl (C=O) groups is 1. The molecule has 19 heavy (non-hydrogen) atoms. The number of hydrogen-bond acceptors (Lipinski definition) is 4. The summed E-state index contributed by atoms with van der Waals surface area (Å²) in [6.07, 6.45) is 7.04. The molecule has 1 aliphatic heterocycles. The lowest BCUT2D eigenvalue weighted by Gasteiger charge is -2.33. The van der Waals surface area contributed by atoms with Gasteiger partial charge < -0.3 is 5.32 Å². The summed E-state index contributed by atoms with van der Waals surface area (Å²) < 4.78 is 0. The van der Waals surface area contributed by atoms with Gasteiger partial charge in [0.25, 0.3) is 0 Å². The molecule has 1 aromatic heterocycles. The molecule has 1 fully saturated rings. The highest BCUT2D eigenvalue weighted by molar-refractivity contribution is 5.78. The first-order chi connectivity index (χ1) is 9.31. The summed E-state index contributed by atoms with van der Waals surface area (Å²) in [5.41, 5.74) is 0. The molecule has 1 unspecified atom stereocenters. The Hall–Kier alpha value is -1.43. The molecule has 1 atom stereocenters. The molecule has 106 valence electrons. The molecule has 0 spiro atoms. The summed E-state index contributed by atoms with van der Waals surface area (Å²) in [6.45, 7) is 4.30. The van der Waals surface area contributed by atoms with E-state index >= 15 is 0 Å². The minimum Gasteiger partial charge on any atom is -0.355 e. The summed E-state index contributed by atoms with van der Waals surface area (Å²) in [4.78, 5) is 18.3. The van der Waals surface area contributed by atoms with E-state index in [4.69, 9.17) is 0 Å². The van der Waals surface area contributed by atoms with Gasteiger partial charge in [0.05, 0.1) is 12.6 Å². The van der Waals surface area contributed by atoms with Gasteiger partial charge in [-0.25, -0.2) is 4.98 Å². The highest BCUT2D eigenvalue weighted by atomic mass is 16.2. The first-order valence-electron chi connectivity index (χ1n) is 7.17. The minimum absolute atomic E-state index is 0.111. The summed E-state index contributed by atoms with van der Waals surface area (Å²) in [6, 6.07) is 0.202. The van der Waals surface area contributed by atoms with Crippen molar-refractivity contribution in [2.75, 3.05) is 19.6 Å². The van der Waals surface area contributed by atoms with Crippen molar-refractivity contribution in [1.82, 2.24) is 25.4 Å². The van der Waals surface area contributed by atoms with Crippen molar-refractivity contribution in [3.63, 3.8) is 0 Å². The van der Waals surface area contributed by atoms with Gasteiger partial charge in [-0.2, -0.15) is 5.10 Å². The maximum absolute atomic E-state index is 11.9. The Morgan fingerprint density at radius 2 is 2.47 bits per heavy atom. The fraction of sp³-hybridized carbons (Fsp3) is 0.769. The number of aromatic nitrogens is 3. The molecule has 0 saturated carbocycles. The number of unbranched alkanes of at least 4 members (excludes halogenated alkanes) is 1. The Morgan fingerprint density at radius 1 is 1.58 bits per heavy atom. The van der Waals surface area contributed by atoms with Crippen molar-refractivity contribution in [3.8, 4) is 0 Å². The zero-order valence-electron chi connectivity index (χ0n) is 11.6. The molecule has 2 heterocycles. The Bertz CT molecular complexity index is 378. The Balaban J connectivity index is 1.87. The average Bonchev–Trinajstić information content (AvgIpc) is 2.93. The zero-order chi connectivity index (χ0) is 13.5. The van der Waals surface area contributed by atoms with E-state index in [1.165, 1.54) is 12.7 Å². The summed E-state index contributed by atoms with van der Waals surface area (Å²) >= 11 is 0. The van der Waals surface area contributed by atoms with Gasteiger partial charge >= 0.3 is 0 Å². The van der Waals surface area contributed by atoms with Crippen LogP contribution in [0.3, 0.4) is 0 Å². The fourth-order valence-electron chi connectivity index (χ4n) is 2.51. The molecule has 2 N–H and O–H groups in total. The van der Waals surface area contributed by atoms with Gasteiger partial charge in [-0.05, 0) is 25.8 Å². The second-order valence-corrected chi connectivity index (χ2v) is 5.06. The molecular formula is C13H23N5O. The first kappa shape index (κ1) is 14.0. The zero-order valence-corrected chi connectivity index (χ0v) is 11.6. The third-order valence-corrected chi connectivity index (χ3v) is 3.56. The molecular weight excluding hydrogens is 242 g/mol. The predicted molar refractivity (Wildman–Crippen MR) is 72.5 cm³/mol. The summed E-state index contributed by atoms with van der Waals surface area (Å²) in [5, 5.41) is 9.81. The minimum atomic E-state index is 0.111. The number of hydrogen-bond donors (Lipinski definition) is 2. The van der Waals surface area contributed by atoms with E-state index in [1.807, 2.05) is 0 Å². The number of aromatic amines is 1. The van der Waals surface area contributed by atoms with Gasteiger partial charge in [0, 0.05) is 6.54 Å². The van der Waals surface area contributed by atoms with E-state index in [0.717, 1.165) is 44.6 Å². The third kappa shape index (κ3) is 4.02. The highest BCUT2D eigenvalue weighted by Gasteiger charge is 2.27. The van der Waals surface area contributed by atoms with Crippen LogP contribution < -0.4 is 5.32 Å². The number of likely N-dealkylation sites (tertiary alicyclic amines) is 1. The van der Waals surface area contributed by atoms with Gasteiger partial charge in [-0.3, -0.25) is 14.8 Å². The SMILES string of the molecule is CCCCNC(=O)CN1CCCCC1c1ncn[nH]1. The van der Waals surface area contributed by atoms with Crippen LogP contribution in [0, 0.1) is 0 Å². The highest BCUT2D eigenvalue weighted by Crippen LogP contribution is 2.27. The monoisotopic (exact) mass is 265 g/mol. The second-order valence-electron chi connectivity index (χ2n) is 5.06. The molecule has 1 aliphatic rings. The molecule has 6 heteroatoms. The molecule has 0 aliphatic carbocycles. The lowest BCUT2D eigenvalue weighted by molar-refractivity contribution is -0.123. The van der Waals surface area contributed by atoms with Gasteiger partial charge in [-0.15, -0.1) is 0 Å². The normalized spacial score (nSPS) is 20.4. The van der Waals surface area contributed by atoms with Crippen molar-refractivity contribution in [1.29, 1.82) is 0 Å². The molecule has 1 amide bonds. The second kappa shape index (κ2) is 7.23. The molecule has 0 radical (unpaired) electrons. The van der Waals surface area contributed by atoms with Crippen LogP contribution in [0.5, 0.6) is 0 Å². The van der Waals surface area contributed by atoms with E-state index < -0.39 is 0 Å². The number of nitrogens with zero attached hydrogens (tertiary/aromatic N) is 3. The van der Waals surface area contributed by atoms with Crippen LogP contribution in [-0.4, -0.2) is 45.6 Å². The quantitative estimate of drug-likeness (QED) is 0.759. The predicted octanol–water partition coefficient (Wildman–Crippen LogP) is 1.25. The van der Waals surface area contributed by atoms with Crippen LogP contribution in [0.1, 0.15) is 50.9 Å². The maximum atomic E-state index is 11.9. The van der Waals surface area contributed by atoms with E-state index in [-0.39, 0.29) is 11.9 Å². The Morgan fingerprint density at radius 3 is 3.21 bits per heavy atom. The fourth-order valence-corrected chi connectivity index (χ4v) is 2.51. The summed E-state index contributed by atoms with van der Waals surface area (Å²) in [7, 11) is 0. The van der Waals surface area contributed by atoms with Gasteiger partial charge in [0.15, 0.2) is 0 Å². The lowest BCUT2D eigenvalue weighted by Crippen LogP contribution is -2.42. The Labute approximate surface area is 114 Å². The molecule has 0 bridgehead atoms. The van der Waals surface area contributed by atoms with Gasteiger partial charge in [0.2, 0.25) is 5.91 Å². The van der Waals surface area contributed by atoms with Crippen molar-refractivity contribution in [2.24, 2.45) is 0 Å². The molecule has 2 rings (SSSR count). The van der Waals surface area contributed by atoms with Crippen LogP contribution in [0.25, 0.3) is 0 Å². The van der Waals surface area contributed by atoms with Crippen LogP contribution in [0.15, 0.2) is 6.33 Å². The number of amides is 1. The summed E-state index contributed by atoms with van der Waals surface area (Å²) in [5.74, 6) is 0.987. The number of carbonyl (C=O) groups excluding carboxylic acids is 1. The van der Waals surface area contributed by atoms with Crippen LogP contribution in [0.2, 0.25) is 0 Å². The van der Waals surface area contributed by atoms with Crippen LogP contribution >= 0.6 is 0 Å². The van der Waals surface area contributed by atoms with E-state index in [2.05, 4.69) is 32.3 Å². The molecule has 1 saturated heterocycles. The van der Waals surface area contributed by atoms with Crippen molar-refractivity contribution >= 4 is 5.91 Å². The average molecular weight is 265 g/mol. The van der Waals surface area contributed by atoms with Gasteiger partial charge in [0.1, 0.15) is 12.2 Å². The van der Waals surface area contributed by atoms with Crippen molar-refractivity contribution in [2.45, 2.75) is 45.1 Å². The number of nitrogens with one attached hydrogen (secondary N) is 2. The maximum Gasteiger partial charge on any atom is 0.234 e. The van der Waals surface area contributed by atoms with Gasteiger partial charge in [-0.1, -0.05) is 19.8 Å². The van der Waals surface area contributed by atoms with E-state index in [1.54, 1.807) is 0 Å². The topological polar surface area (TPSA) is 73.9 Å². The first-order valence-corrected chi connectivity index (χ1v) is 7.17. The number of rotatable bonds is 6. The molecule has 6 nitrogen and oxygen atoms in total. The number of H-pyrrole nitrogens is 1.